The number of carbonyl (C=O) groups is 1. The highest BCUT2D eigenvalue weighted by Crippen LogP contribution is 2.20. The number of hydrogen-bond acceptors (Lipinski definition) is 3. The number of nitrogens with zero attached hydrogens (tertiary/aromatic N) is 3. The van der Waals surface area contributed by atoms with Crippen LogP contribution in [-0.4, -0.2) is 40.7 Å². The molecule has 0 radical (unpaired) electrons. The molecule has 0 saturated carbocycles. The van der Waals surface area contributed by atoms with Crippen LogP contribution in [0.25, 0.3) is 5.69 Å². The molecule has 0 saturated heterocycles. The third-order valence-electron chi connectivity index (χ3n) is 4.48. The van der Waals surface area contributed by atoms with E-state index in [0.29, 0.717) is 13.1 Å². The van der Waals surface area contributed by atoms with Crippen molar-refractivity contribution in [3.8, 4) is 5.69 Å². The molecule has 2 aromatic rings. The maximum absolute atomic E-state index is 13.1. The van der Waals surface area contributed by atoms with Crippen LogP contribution in [0.1, 0.15) is 30.8 Å². The summed E-state index contributed by atoms with van der Waals surface area (Å²) in [6, 6.07) is 6.16. The van der Waals surface area contributed by atoms with Gasteiger partial charge in [0.2, 0.25) is 5.91 Å². The minimum absolute atomic E-state index is 0. The van der Waals surface area contributed by atoms with Gasteiger partial charge in [-0.1, -0.05) is 13.8 Å². The highest BCUT2D eigenvalue weighted by atomic mass is 35.5. The summed E-state index contributed by atoms with van der Waals surface area (Å²) in [5.41, 5.74) is 9.02. The monoisotopic (exact) mass is 382 g/mol. The van der Waals surface area contributed by atoms with Crippen molar-refractivity contribution in [2.75, 3.05) is 20.1 Å². The summed E-state index contributed by atoms with van der Waals surface area (Å²) in [7, 11) is 1.80. The molecular formula is C19H28ClFN4O. The van der Waals surface area contributed by atoms with Gasteiger partial charge in [0, 0.05) is 24.8 Å². The van der Waals surface area contributed by atoms with Crippen molar-refractivity contribution in [2.24, 2.45) is 11.1 Å². The van der Waals surface area contributed by atoms with Gasteiger partial charge in [0.15, 0.2) is 0 Å². The number of aryl methyl sites for hydroxylation is 1. The Labute approximate surface area is 160 Å². The first-order valence-electron chi connectivity index (χ1n) is 8.39. The fraction of sp³-hybridized carbons (Fsp3) is 0.474. The highest BCUT2D eigenvalue weighted by Gasteiger charge is 2.23. The van der Waals surface area contributed by atoms with Gasteiger partial charge in [-0.15, -0.1) is 12.4 Å². The van der Waals surface area contributed by atoms with Gasteiger partial charge >= 0.3 is 0 Å². The highest BCUT2D eigenvalue weighted by molar-refractivity contribution is 5.85. The summed E-state index contributed by atoms with van der Waals surface area (Å²) in [5.74, 6) is -0.254. The molecule has 0 bridgehead atoms. The quantitative estimate of drug-likeness (QED) is 0.835. The lowest BCUT2D eigenvalue weighted by Gasteiger charge is -2.29. The van der Waals surface area contributed by atoms with E-state index in [4.69, 9.17) is 5.73 Å². The van der Waals surface area contributed by atoms with Crippen LogP contribution >= 0.6 is 12.4 Å². The normalized spacial score (nSPS) is 11.2. The third kappa shape index (κ3) is 5.05. The van der Waals surface area contributed by atoms with Gasteiger partial charge in [0.05, 0.1) is 17.8 Å². The number of nitrogens with two attached hydrogens (primary N) is 1. The van der Waals surface area contributed by atoms with E-state index in [0.717, 1.165) is 22.6 Å². The first-order chi connectivity index (χ1) is 11.6. The second kappa shape index (κ2) is 8.64. The van der Waals surface area contributed by atoms with E-state index in [2.05, 4.69) is 5.10 Å². The average molecular weight is 383 g/mol. The van der Waals surface area contributed by atoms with Crippen molar-refractivity contribution < 1.29 is 9.18 Å². The Bertz CT molecular complexity index is 756. The molecule has 1 amide bonds. The van der Waals surface area contributed by atoms with Crippen LogP contribution in [0.15, 0.2) is 24.3 Å². The summed E-state index contributed by atoms with van der Waals surface area (Å²) in [6.45, 7) is 9.02. The molecule has 5 nitrogen and oxygen atoms in total. The number of rotatable bonds is 6. The van der Waals surface area contributed by atoms with E-state index in [1.54, 1.807) is 28.8 Å². The molecule has 1 aromatic carbocycles. The van der Waals surface area contributed by atoms with Gasteiger partial charge in [0.25, 0.3) is 0 Å². The lowest BCUT2D eigenvalue weighted by atomic mass is 9.93. The number of likely N-dealkylation sites (N-methyl/N-ethyl adjacent to an activating group) is 1. The fourth-order valence-corrected chi connectivity index (χ4v) is 2.85. The molecule has 1 aromatic heterocycles. The molecular weight excluding hydrogens is 355 g/mol. The van der Waals surface area contributed by atoms with Crippen molar-refractivity contribution >= 4 is 18.3 Å². The lowest BCUT2D eigenvalue weighted by molar-refractivity contribution is -0.130. The van der Waals surface area contributed by atoms with E-state index in [9.17, 15) is 9.18 Å². The Hall–Kier alpha value is -1.92. The van der Waals surface area contributed by atoms with E-state index in [1.165, 1.54) is 12.1 Å². The maximum atomic E-state index is 13.1. The van der Waals surface area contributed by atoms with Gasteiger partial charge < -0.3 is 10.6 Å². The zero-order chi connectivity index (χ0) is 18.8. The van der Waals surface area contributed by atoms with Crippen LogP contribution in [0.3, 0.4) is 0 Å². The zero-order valence-corrected chi connectivity index (χ0v) is 16.9. The number of hydrogen-bond donors (Lipinski definition) is 1. The lowest BCUT2D eigenvalue weighted by Crippen LogP contribution is -2.40. The largest absolute Gasteiger partial charge is 0.345 e. The van der Waals surface area contributed by atoms with Crippen LogP contribution in [0.5, 0.6) is 0 Å². The van der Waals surface area contributed by atoms with Crippen LogP contribution in [0.4, 0.5) is 4.39 Å². The van der Waals surface area contributed by atoms with Crippen LogP contribution in [0.2, 0.25) is 0 Å². The van der Waals surface area contributed by atoms with Crippen molar-refractivity contribution in [2.45, 2.75) is 34.1 Å². The number of carbonyl (C=O) groups excluding carboxylic acids is 1. The van der Waals surface area contributed by atoms with Gasteiger partial charge in [-0.05, 0) is 50.1 Å². The Morgan fingerprint density at radius 2 is 1.85 bits per heavy atom. The molecule has 0 aliphatic rings. The summed E-state index contributed by atoms with van der Waals surface area (Å²) in [5, 5.41) is 4.52. The second-order valence-electron chi connectivity index (χ2n) is 7.33. The van der Waals surface area contributed by atoms with Gasteiger partial charge in [-0.3, -0.25) is 4.79 Å². The van der Waals surface area contributed by atoms with E-state index in [1.807, 2.05) is 27.7 Å². The van der Waals surface area contributed by atoms with Crippen molar-refractivity contribution in [3.05, 3.63) is 47.0 Å². The molecule has 0 atom stereocenters. The number of benzene rings is 1. The first kappa shape index (κ1) is 22.1. The minimum Gasteiger partial charge on any atom is -0.345 e. The Morgan fingerprint density at radius 3 is 2.38 bits per heavy atom. The summed E-state index contributed by atoms with van der Waals surface area (Å²) >= 11 is 0. The maximum Gasteiger partial charge on any atom is 0.226 e. The molecule has 0 fully saturated rings. The van der Waals surface area contributed by atoms with Crippen molar-refractivity contribution in [1.82, 2.24) is 14.7 Å². The molecule has 26 heavy (non-hydrogen) atoms. The van der Waals surface area contributed by atoms with Gasteiger partial charge in [0.1, 0.15) is 5.82 Å². The Kier molecular flexibility index (Phi) is 7.35. The molecule has 0 spiro atoms. The molecule has 0 aliphatic carbocycles. The second-order valence-corrected chi connectivity index (χ2v) is 7.33. The van der Waals surface area contributed by atoms with Crippen LogP contribution in [-0.2, 0) is 11.2 Å². The summed E-state index contributed by atoms with van der Waals surface area (Å²) < 4.78 is 14.9. The van der Waals surface area contributed by atoms with Crippen LogP contribution in [0, 0.1) is 25.1 Å². The standard InChI is InChI=1S/C19H27FN4O.ClH/c1-13-17(10-18(25)23(5)12-19(3,4)11-21)14(2)24(22-13)16-8-6-15(20)7-9-16;/h6-9H,10-12,21H2,1-5H3;1H. The summed E-state index contributed by atoms with van der Waals surface area (Å²) in [4.78, 5) is 14.3. The molecule has 0 unspecified atom stereocenters. The third-order valence-corrected chi connectivity index (χ3v) is 4.48. The first-order valence-corrected chi connectivity index (χ1v) is 8.39. The van der Waals surface area contributed by atoms with E-state index in [-0.39, 0.29) is 36.0 Å². The van der Waals surface area contributed by atoms with Gasteiger partial charge in [-0.25, -0.2) is 9.07 Å². The predicted octanol–water partition coefficient (Wildman–Crippen LogP) is 3.04. The minimum atomic E-state index is -0.287. The molecule has 2 rings (SSSR count). The van der Waals surface area contributed by atoms with E-state index >= 15 is 0 Å². The van der Waals surface area contributed by atoms with E-state index < -0.39 is 0 Å². The topological polar surface area (TPSA) is 64.2 Å². The smallest absolute Gasteiger partial charge is 0.226 e. The number of halogens is 2. The fourth-order valence-electron chi connectivity index (χ4n) is 2.85. The number of aromatic nitrogens is 2. The summed E-state index contributed by atoms with van der Waals surface area (Å²) in [6.07, 6.45) is 0.288. The predicted molar refractivity (Wildman–Crippen MR) is 104 cm³/mol. The molecule has 0 aliphatic heterocycles. The average Bonchev–Trinajstić information content (AvgIpc) is 2.83. The number of amides is 1. The van der Waals surface area contributed by atoms with Crippen LogP contribution < -0.4 is 5.73 Å². The van der Waals surface area contributed by atoms with Gasteiger partial charge in [-0.2, -0.15) is 5.10 Å². The molecule has 144 valence electrons. The Balaban J connectivity index is 0.00000338. The zero-order valence-electron chi connectivity index (χ0n) is 16.0. The molecule has 7 heteroatoms. The van der Waals surface area contributed by atoms with Crippen molar-refractivity contribution in [1.29, 1.82) is 0 Å². The molecule has 2 N–H and O–H groups in total. The Morgan fingerprint density at radius 1 is 1.27 bits per heavy atom. The SMILES string of the molecule is Cc1nn(-c2ccc(F)cc2)c(C)c1CC(=O)N(C)CC(C)(C)CN.Cl. The van der Waals surface area contributed by atoms with Crippen molar-refractivity contribution in [3.63, 3.8) is 0 Å². The molecule has 1 heterocycles.